The summed E-state index contributed by atoms with van der Waals surface area (Å²) >= 11 is 0. The largest absolute Gasteiger partial charge is 0.492 e. The minimum absolute atomic E-state index is 0.00245. The molecule has 3 aromatic rings. The van der Waals surface area contributed by atoms with Gasteiger partial charge in [-0.25, -0.2) is 9.18 Å². The molecule has 0 fully saturated rings. The summed E-state index contributed by atoms with van der Waals surface area (Å²) in [5.41, 5.74) is 1.46. The van der Waals surface area contributed by atoms with Gasteiger partial charge in [-0.1, -0.05) is 6.07 Å². The van der Waals surface area contributed by atoms with E-state index in [1.54, 1.807) is 16.7 Å². The predicted octanol–water partition coefficient (Wildman–Crippen LogP) is 3.53. The highest BCUT2D eigenvalue weighted by Crippen LogP contribution is 2.54. The second-order valence-electron chi connectivity index (χ2n) is 7.53. The van der Waals surface area contributed by atoms with E-state index in [2.05, 4.69) is 5.32 Å². The Morgan fingerprint density at radius 1 is 1.21 bits per heavy atom. The second-order valence-corrected chi connectivity index (χ2v) is 7.53. The number of aromatic nitrogens is 1. The van der Waals surface area contributed by atoms with Crippen molar-refractivity contribution in [2.45, 2.75) is 12.3 Å². The number of anilines is 1. The minimum Gasteiger partial charge on any atom is -0.492 e. The van der Waals surface area contributed by atoms with E-state index < -0.39 is 17.7 Å². The number of carboxylic acids is 1. The molecular weight excluding hydrogens is 435 g/mol. The predicted molar refractivity (Wildman–Crippen MR) is 113 cm³/mol. The first-order chi connectivity index (χ1) is 15.9. The third-order valence-electron chi connectivity index (χ3n) is 5.73. The van der Waals surface area contributed by atoms with Gasteiger partial charge in [0, 0.05) is 29.8 Å². The molecule has 1 aromatic heterocycles. The summed E-state index contributed by atoms with van der Waals surface area (Å²) in [4.78, 5) is 24.7. The zero-order valence-electron chi connectivity index (χ0n) is 17.7. The molecule has 2 N–H and O–H groups in total. The number of carboxylic acid groups (broad SMARTS) is 1. The Morgan fingerprint density at radius 2 is 2.00 bits per heavy atom. The second kappa shape index (κ2) is 7.73. The van der Waals surface area contributed by atoms with E-state index in [4.69, 9.17) is 18.9 Å². The van der Waals surface area contributed by atoms with E-state index in [1.807, 2.05) is 0 Å². The van der Waals surface area contributed by atoms with Crippen LogP contribution in [0.5, 0.6) is 23.0 Å². The first-order valence-corrected chi connectivity index (χ1v) is 10.0. The number of nitrogens with one attached hydrogen (secondary N) is 1. The number of carbonyl (C=O) groups excluding carboxylic acids is 1. The molecule has 1 amide bonds. The van der Waals surface area contributed by atoms with Gasteiger partial charge in [-0.3, -0.25) is 4.79 Å². The van der Waals surface area contributed by atoms with Crippen LogP contribution in [0.2, 0.25) is 0 Å². The number of halogens is 1. The molecule has 0 saturated carbocycles. The Hall–Kier alpha value is -4.21. The van der Waals surface area contributed by atoms with Crippen LogP contribution in [0.15, 0.2) is 36.5 Å². The number of benzene rings is 2. The Bertz CT molecular complexity index is 1300. The summed E-state index contributed by atoms with van der Waals surface area (Å²) in [5.74, 6) is -1.30. The lowest BCUT2D eigenvalue weighted by Gasteiger charge is -2.28. The van der Waals surface area contributed by atoms with Crippen LogP contribution >= 0.6 is 0 Å². The molecule has 2 aromatic carbocycles. The molecule has 5 rings (SSSR count). The number of nitrogens with zero attached hydrogens (tertiary/aromatic N) is 1. The zero-order chi connectivity index (χ0) is 23.3. The maximum Gasteiger partial charge on any atom is 0.339 e. The van der Waals surface area contributed by atoms with Crippen LogP contribution in [0.25, 0.3) is 5.69 Å². The topological polar surface area (TPSA) is 108 Å². The molecule has 1 atom stereocenters. The third kappa shape index (κ3) is 3.22. The fourth-order valence-electron chi connectivity index (χ4n) is 4.40. The Kier molecular flexibility index (Phi) is 4.85. The molecule has 0 aliphatic carbocycles. The lowest BCUT2D eigenvalue weighted by atomic mass is 9.87. The molecular formula is C23H19FN2O7. The van der Waals surface area contributed by atoms with Crippen molar-refractivity contribution >= 4 is 17.6 Å². The average Bonchev–Trinajstić information content (AvgIpc) is 3.41. The van der Waals surface area contributed by atoms with E-state index in [9.17, 15) is 19.1 Å². The maximum absolute atomic E-state index is 14.0. The molecule has 0 radical (unpaired) electrons. The summed E-state index contributed by atoms with van der Waals surface area (Å²) in [6.45, 7) is -0.00245. The van der Waals surface area contributed by atoms with Crippen LogP contribution in [-0.4, -0.2) is 42.6 Å². The van der Waals surface area contributed by atoms with Crippen molar-refractivity contribution < 1.29 is 38.0 Å². The van der Waals surface area contributed by atoms with Crippen molar-refractivity contribution in [1.29, 1.82) is 0 Å². The van der Waals surface area contributed by atoms with Gasteiger partial charge < -0.3 is 33.9 Å². The number of rotatable bonds is 5. The summed E-state index contributed by atoms with van der Waals surface area (Å²) in [7, 11) is 2.92. The molecule has 0 spiro atoms. The number of aromatic carboxylic acids is 1. The van der Waals surface area contributed by atoms with Gasteiger partial charge in [-0.15, -0.1) is 0 Å². The van der Waals surface area contributed by atoms with Gasteiger partial charge in [0.05, 0.1) is 25.6 Å². The van der Waals surface area contributed by atoms with Crippen LogP contribution in [0, 0.1) is 5.82 Å². The third-order valence-corrected chi connectivity index (χ3v) is 5.73. The van der Waals surface area contributed by atoms with E-state index in [0.29, 0.717) is 39.9 Å². The number of ether oxygens (including phenoxy) is 4. The Labute approximate surface area is 187 Å². The van der Waals surface area contributed by atoms with Crippen LogP contribution in [-0.2, 0) is 4.79 Å². The van der Waals surface area contributed by atoms with Gasteiger partial charge in [0.15, 0.2) is 11.5 Å². The number of carbonyl (C=O) groups is 2. The number of amides is 1. The van der Waals surface area contributed by atoms with E-state index in [-0.39, 0.29) is 30.4 Å². The van der Waals surface area contributed by atoms with E-state index in [0.717, 1.165) is 0 Å². The highest BCUT2D eigenvalue weighted by molar-refractivity contribution is 6.04. The molecule has 2 aliphatic rings. The first-order valence-electron chi connectivity index (χ1n) is 10.0. The van der Waals surface area contributed by atoms with Gasteiger partial charge in [0.1, 0.15) is 11.4 Å². The van der Waals surface area contributed by atoms with Gasteiger partial charge in [0.2, 0.25) is 24.2 Å². The number of hydrogen-bond acceptors (Lipinski definition) is 6. The van der Waals surface area contributed by atoms with Crippen molar-refractivity contribution in [3.8, 4) is 28.7 Å². The van der Waals surface area contributed by atoms with Gasteiger partial charge in [-0.05, 0) is 24.3 Å². The van der Waals surface area contributed by atoms with Crippen molar-refractivity contribution in [1.82, 2.24) is 4.57 Å². The van der Waals surface area contributed by atoms with E-state index in [1.165, 1.54) is 38.6 Å². The summed E-state index contributed by atoms with van der Waals surface area (Å²) in [6.07, 6.45) is 1.36. The molecule has 170 valence electrons. The monoisotopic (exact) mass is 454 g/mol. The fraction of sp³-hybridized carbons (Fsp3) is 0.217. The van der Waals surface area contributed by atoms with Crippen molar-refractivity contribution in [3.63, 3.8) is 0 Å². The average molecular weight is 454 g/mol. The van der Waals surface area contributed by atoms with Crippen molar-refractivity contribution in [2.24, 2.45) is 0 Å². The van der Waals surface area contributed by atoms with Crippen LogP contribution in [0.3, 0.4) is 0 Å². The quantitative estimate of drug-likeness (QED) is 0.607. The number of fused-ring (bicyclic) bond motifs is 2. The highest BCUT2D eigenvalue weighted by atomic mass is 19.1. The smallest absolute Gasteiger partial charge is 0.339 e. The molecule has 9 nitrogen and oxygen atoms in total. The van der Waals surface area contributed by atoms with Gasteiger partial charge in [0.25, 0.3) is 0 Å². The van der Waals surface area contributed by atoms with Gasteiger partial charge in [-0.2, -0.15) is 0 Å². The van der Waals surface area contributed by atoms with Crippen LogP contribution < -0.4 is 24.3 Å². The molecule has 2 aliphatic heterocycles. The molecule has 0 unspecified atom stereocenters. The van der Waals surface area contributed by atoms with Crippen molar-refractivity contribution in [2.75, 3.05) is 26.3 Å². The zero-order valence-corrected chi connectivity index (χ0v) is 17.7. The van der Waals surface area contributed by atoms with E-state index >= 15 is 0 Å². The van der Waals surface area contributed by atoms with Crippen LogP contribution in [0.4, 0.5) is 10.1 Å². The number of methoxy groups -OCH3 is 2. The molecule has 33 heavy (non-hydrogen) atoms. The SMILES string of the molecule is COc1c([C@H]2CC(=O)Nc3c(C(=O)O)cn(-c4cccc(F)c4)c32)cc2c(c1OC)OCO2. The highest BCUT2D eigenvalue weighted by Gasteiger charge is 2.38. The number of hydrogen-bond donors (Lipinski definition) is 2. The summed E-state index contributed by atoms with van der Waals surface area (Å²) < 4.78 is 37.8. The Morgan fingerprint density at radius 3 is 2.70 bits per heavy atom. The summed E-state index contributed by atoms with van der Waals surface area (Å²) in [6, 6.07) is 7.46. The van der Waals surface area contributed by atoms with Crippen LogP contribution in [0.1, 0.15) is 34.0 Å². The fourth-order valence-corrected chi connectivity index (χ4v) is 4.40. The molecule has 0 bridgehead atoms. The van der Waals surface area contributed by atoms with Crippen molar-refractivity contribution in [3.05, 3.63) is 59.2 Å². The maximum atomic E-state index is 14.0. The standard InChI is InChI=1S/C23H19FN2O7/c1-30-20-14(7-16-21(22(20)31-2)33-10-32-16)13-8-17(27)25-18-15(23(28)29)9-26(19(13)18)12-5-3-4-11(24)6-12/h3-7,9,13H,8,10H2,1-2H3,(H,25,27)(H,28,29)/t13-/m1/s1. The lowest BCUT2D eigenvalue weighted by Crippen LogP contribution is -2.26. The first kappa shape index (κ1) is 20.7. The Balaban J connectivity index is 1.80. The normalized spacial score (nSPS) is 16.2. The van der Waals surface area contributed by atoms with Gasteiger partial charge >= 0.3 is 5.97 Å². The summed E-state index contributed by atoms with van der Waals surface area (Å²) in [5, 5.41) is 12.5. The molecule has 10 heteroatoms. The molecule has 3 heterocycles. The lowest BCUT2D eigenvalue weighted by molar-refractivity contribution is -0.116. The minimum atomic E-state index is -1.22. The molecule has 0 saturated heterocycles.